The van der Waals surface area contributed by atoms with Gasteiger partial charge in [0.15, 0.2) is 5.69 Å². The van der Waals surface area contributed by atoms with E-state index in [0.717, 1.165) is 12.2 Å². The minimum absolute atomic E-state index is 0.0551. The van der Waals surface area contributed by atoms with Crippen molar-refractivity contribution < 1.29 is 4.79 Å². The van der Waals surface area contributed by atoms with E-state index in [1.54, 1.807) is 0 Å². The van der Waals surface area contributed by atoms with E-state index in [2.05, 4.69) is 22.4 Å². The molecule has 1 fully saturated rings. The molecule has 2 heterocycles. The van der Waals surface area contributed by atoms with Crippen molar-refractivity contribution in [3.8, 4) is 5.69 Å². The first-order valence-corrected chi connectivity index (χ1v) is 6.74. The summed E-state index contributed by atoms with van der Waals surface area (Å²) in [5, 5.41) is 11.8. The van der Waals surface area contributed by atoms with Gasteiger partial charge in [0.2, 0.25) is 0 Å². The molecular weight excluding hydrogens is 254 g/mol. The SMILES string of the molecule is C[C@H]1CN(C(=O)c2cnn(-c3ccccc3)n2)CCN1. The van der Waals surface area contributed by atoms with E-state index >= 15 is 0 Å². The number of carbonyl (C=O) groups excluding carboxylic acids is 1. The van der Waals surface area contributed by atoms with Crippen LogP contribution in [0.2, 0.25) is 0 Å². The van der Waals surface area contributed by atoms with Crippen LogP contribution in [0.1, 0.15) is 17.4 Å². The van der Waals surface area contributed by atoms with Crippen LogP contribution in [0.4, 0.5) is 0 Å². The van der Waals surface area contributed by atoms with E-state index in [0.29, 0.717) is 24.8 Å². The Kier molecular flexibility index (Phi) is 3.47. The molecular formula is C14H17N5O. The zero-order valence-corrected chi connectivity index (χ0v) is 11.4. The molecule has 1 aromatic heterocycles. The number of carbonyl (C=O) groups is 1. The van der Waals surface area contributed by atoms with Crippen LogP contribution in [-0.2, 0) is 0 Å². The Morgan fingerprint density at radius 1 is 1.35 bits per heavy atom. The number of nitrogens with one attached hydrogen (secondary N) is 1. The first kappa shape index (κ1) is 12.8. The average molecular weight is 271 g/mol. The van der Waals surface area contributed by atoms with Crippen LogP contribution >= 0.6 is 0 Å². The molecule has 1 aromatic carbocycles. The van der Waals surface area contributed by atoms with Gasteiger partial charge in [-0.1, -0.05) is 18.2 Å². The van der Waals surface area contributed by atoms with Crippen molar-refractivity contribution in [2.24, 2.45) is 0 Å². The van der Waals surface area contributed by atoms with Gasteiger partial charge in [-0.05, 0) is 19.1 Å². The standard InChI is InChI=1S/C14H17N5O/c1-11-10-18(8-7-15-11)14(20)13-9-16-19(17-13)12-5-3-2-4-6-12/h2-6,9,11,15H,7-8,10H2,1H3/t11-/m0/s1. The summed E-state index contributed by atoms with van der Waals surface area (Å²) in [4.78, 5) is 15.7. The second kappa shape index (κ2) is 5.42. The van der Waals surface area contributed by atoms with Crippen molar-refractivity contribution >= 4 is 5.91 Å². The van der Waals surface area contributed by atoms with E-state index in [4.69, 9.17) is 0 Å². The van der Waals surface area contributed by atoms with Gasteiger partial charge in [-0.25, -0.2) is 0 Å². The molecule has 1 N–H and O–H groups in total. The van der Waals surface area contributed by atoms with Crippen LogP contribution in [0.5, 0.6) is 0 Å². The molecule has 3 rings (SSSR count). The van der Waals surface area contributed by atoms with Gasteiger partial charge in [-0.2, -0.15) is 9.90 Å². The van der Waals surface area contributed by atoms with E-state index in [1.165, 1.54) is 11.0 Å². The lowest BCUT2D eigenvalue weighted by atomic mass is 10.2. The van der Waals surface area contributed by atoms with Gasteiger partial charge in [0, 0.05) is 25.7 Å². The van der Waals surface area contributed by atoms with Crippen molar-refractivity contribution in [3.63, 3.8) is 0 Å². The van der Waals surface area contributed by atoms with Crippen molar-refractivity contribution in [1.29, 1.82) is 0 Å². The Labute approximate surface area is 117 Å². The number of amides is 1. The number of aromatic nitrogens is 3. The maximum absolute atomic E-state index is 12.4. The van der Waals surface area contributed by atoms with E-state index in [9.17, 15) is 4.79 Å². The molecule has 0 aliphatic carbocycles. The Morgan fingerprint density at radius 2 is 2.15 bits per heavy atom. The Balaban J connectivity index is 1.78. The molecule has 0 saturated carbocycles. The highest BCUT2D eigenvalue weighted by Gasteiger charge is 2.23. The summed E-state index contributed by atoms with van der Waals surface area (Å²) < 4.78 is 0. The lowest BCUT2D eigenvalue weighted by Gasteiger charge is -2.31. The molecule has 0 bridgehead atoms. The van der Waals surface area contributed by atoms with Crippen LogP contribution in [0.25, 0.3) is 5.69 Å². The lowest BCUT2D eigenvalue weighted by molar-refractivity contribution is 0.0702. The van der Waals surface area contributed by atoms with Crippen molar-refractivity contribution in [2.75, 3.05) is 19.6 Å². The number of hydrogen-bond acceptors (Lipinski definition) is 4. The fraction of sp³-hybridized carbons (Fsp3) is 0.357. The third-order valence-electron chi connectivity index (χ3n) is 3.35. The Hall–Kier alpha value is -2.21. The molecule has 1 atom stereocenters. The normalized spacial score (nSPS) is 19.1. The molecule has 0 radical (unpaired) electrons. The van der Waals surface area contributed by atoms with Gasteiger partial charge < -0.3 is 10.2 Å². The summed E-state index contributed by atoms with van der Waals surface area (Å²) in [6.07, 6.45) is 1.53. The highest BCUT2D eigenvalue weighted by Crippen LogP contribution is 2.08. The first-order chi connectivity index (χ1) is 9.74. The predicted octanol–water partition coefficient (Wildman–Crippen LogP) is 0.701. The number of piperazine rings is 1. The van der Waals surface area contributed by atoms with Gasteiger partial charge >= 0.3 is 0 Å². The summed E-state index contributed by atoms with van der Waals surface area (Å²) in [7, 11) is 0. The molecule has 6 heteroatoms. The van der Waals surface area contributed by atoms with E-state index in [-0.39, 0.29) is 5.91 Å². The van der Waals surface area contributed by atoms with Crippen LogP contribution in [0.15, 0.2) is 36.5 Å². The van der Waals surface area contributed by atoms with Gasteiger partial charge in [-0.15, -0.1) is 5.10 Å². The van der Waals surface area contributed by atoms with Gasteiger partial charge in [0.1, 0.15) is 0 Å². The fourth-order valence-electron chi connectivity index (χ4n) is 2.33. The Morgan fingerprint density at radius 3 is 2.90 bits per heavy atom. The van der Waals surface area contributed by atoms with Crippen LogP contribution < -0.4 is 5.32 Å². The molecule has 1 aliphatic heterocycles. The number of nitrogens with zero attached hydrogens (tertiary/aromatic N) is 4. The second-order valence-electron chi connectivity index (χ2n) is 4.96. The number of rotatable bonds is 2. The highest BCUT2D eigenvalue weighted by molar-refractivity contribution is 5.92. The third kappa shape index (κ3) is 2.55. The molecule has 104 valence electrons. The minimum atomic E-state index is -0.0551. The average Bonchev–Trinajstić information content (AvgIpc) is 2.97. The molecule has 1 saturated heterocycles. The van der Waals surface area contributed by atoms with Crippen LogP contribution in [0, 0.1) is 0 Å². The molecule has 1 aliphatic rings. The van der Waals surface area contributed by atoms with Gasteiger partial charge in [0.25, 0.3) is 5.91 Å². The van der Waals surface area contributed by atoms with Gasteiger partial charge in [0.05, 0.1) is 11.9 Å². The van der Waals surface area contributed by atoms with Crippen molar-refractivity contribution in [1.82, 2.24) is 25.2 Å². The number of benzene rings is 1. The summed E-state index contributed by atoms with van der Waals surface area (Å²) in [5.41, 5.74) is 1.24. The van der Waals surface area contributed by atoms with Crippen molar-refractivity contribution in [2.45, 2.75) is 13.0 Å². The second-order valence-corrected chi connectivity index (χ2v) is 4.96. The molecule has 1 amide bonds. The Bertz CT molecular complexity index is 595. The molecule has 2 aromatic rings. The monoisotopic (exact) mass is 271 g/mol. The smallest absolute Gasteiger partial charge is 0.276 e. The molecule has 0 spiro atoms. The quantitative estimate of drug-likeness (QED) is 0.873. The maximum Gasteiger partial charge on any atom is 0.276 e. The highest BCUT2D eigenvalue weighted by atomic mass is 16.2. The molecule has 0 unspecified atom stereocenters. The number of para-hydroxylation sites is 1. The number of hydrogen-bond donors (Lipinski definition) is 1. The van der Waals surface area contributed by atoms with Gasteiger partial charge in [-0.3, -0.25) is 4.79 Å². The van der Waals surface area contributed by atoms with Crippen LogP contribution in [0.3, 0.4) is 0 Å². The van der Waals surface area contributed by atoms with E-state index < -0.39 is 0 Å². The zero-order chi connectivity index (χ0) is 13.9. The zero-order valence-electron chi connectivity index (χ0n) is 11.4. The summed E-state index contributed by atoms with van der Waals surface area (Å²) in [5.74, 6) is -0.0551. The van der Waals surface area contributed by atoms with E-state index in [1.807, 2.05) is 35.2 Å². The van der Waals surface area contributed by atoms with Crippen molar-refractivity contribution in [3.05, 3.63) is 42.2 Å². The lowest BCUT2D eigenvalue weighted by Crippen LogP contribution is -2.51. The summed E-state index contributed by atoms with van der Waals surface area (Å²) >= 11 is 0. The largest absolute Gasteiger partial charge is 0.334 e. The molecule has 20 heavy (non-hydrogen) atoms. The first-order valence-electron chi connectivity index (χ1n) is 6.74. The fourth-order valence-corrected chi connectivity index (χ4v) is 2.33. The molecule has 6 nitrogen and oxygen atoms in total. The van der Waals surface area contributed by atoms with Crippen LogP contribution in [-0.4, -0.2) is 51.5 Å². The third-order valence-corrected chi connectivity index (χ3v) is 3.35. The summed E-state index contributed by atoms with van der Waals surface area (Å²) in [6.45, 7) is 4.30. The topological polar surface area (TPSA) is 63.1 Å². The minimum Gasteiger partial charge on any atom is -0.334 e. The summed E-state index contributed by atoms with van der Waals surface area (Å²) in [6, 6.07) is 9.89. The predicted molar refractivity (Wildman–Crippen MR) is 74.7 cm³/mol. The maximum atomic E-state index is 12.4.